The number of piperazine rings is 1. The Bertz CT molecular complexity index is 629. The zero-order valence-corrected chi connectivity index (χ0v) is 19.9. The fourth-order valence-electron chi connectivity index (χ4n) is 3.30. The van der Waals surface area contributed by atoms with E-state index in [0.29, 0.717) is 0 Å². The van der Waals surface area contributed by atoms with Crippen molar-refractivity contribution in [3.05, 3.63) is 33.0 Å². The van der Waals surface area contributed by atoms with Gasteiger partial charge in [-0.3, -0.25) is 9.89 Å². The lowest BCUT2D eigenvalue weighted by atomic mass is 10.1. The zero-order chi connectivity index (χ0) is 18.2. The van der Waals surface area contributed by atoms with E-state index in [-0.39, 0.29) is 24.0 Å². The highest BCUT2D eigenvalue weighted by Crippen LogP contribution is 2.23. The van der Waals surface area contributed by atoms with Crippen molar-refractivity contribution in [2.45, 2.75) is 26.3 Å². The van der Waals surface area contributed by atoms with Gasteiger partial charge in [0, 0.05) is 50.7 Å². The third kappa shape index (κ3) is 7.53. The molecule has 0 radical (unpaired) electrons. The third-order valence-corrected chi connectivity index (χ3v) is 5.98. The lowest BCUT2D eigenvalue weighted by Gasteiger charge is -2.36. The highest BCUT2D eigenvalue weighted by molar-refractivity contribution is 14.0. The van der Waals surface area contributed by atoms with Crippen LogP contribution in [0.1, 0.15) is 24.6 Å². The molecule has 1 N–H and O–H groups in total. The van der Waals surface area contributed by atoms with E-state index in [9.17, 15) is 0 Å². The van der Waals surface area contributed by atoms with Crippen molar-refractivity contribution in [1.29, 1.82) is 0 Å². The average molecular weight is 525 g/mol. The number of guanidine groups is 1. The van der Waals surface area contributed by atoms with Gasteiger partial charge in [-0.2, -0.15) is 0 Å². The van der Waals surface area contributed by atoms with Crippen LogP contribution in [0.2, 0.25) is 4.34 Å². The molecule has 8 heteroatoms. The second kappa shape index (κ2) is 12.3. The first-order valence-corrected chi connectivity index (χ1v) is 10.7. The summed E-state index contributed by atoms with van der Waals surface area (Å²) in [5.74, 6) is 1.05. The van der Waals surface area contributed by atoms with Crippen LogP contribution >= 0.6 is 46.9 Å². The molecule has 0 spiro atoms. The molecule has 0 atom stereocenters. The predicted molar refractivity (Wildman–Crippen MR) is 126 cm³/mol. The van der Waals surface area contributed by atoms with E-state index in [2.05, 4.69) is 34.2 Å². The van der Waals surface area contributed by atoms with Gasteiger partial charge in [-0.15, -0.1) is 35.3 Å². The topological polar surface area (TPSA) is 40.1 Å². The Balaban J connectivity index is 0.00000261. The van der Waals surface area contributed by atoms with Crippen LogP contribution in [0.25, 0.3) is 0 Å². The predicted octanol–water partition coefficient (Wildman–Crippen LogP) is 3.84. The maximum atomic E-state index is 6.04. The molecule has 27 heavy (non-hydrogen) atoms. The highest BCUT2D eigenvalue weighted by Gasteiger charge is 2.20. The summed E-state index contributed by atoms with van der Waals surface area (Å²) in [5, 5.41) is 3.46. The fraction of sp³-hybridized carbons (Fsp3) is 0.632. The van der Waals surface area contributed by atoms with E-state index < -0.39 is 0 Å². The number of halogens is 2. The molecule has 5 nitrogen and oxygen atoms in total. The number of hydrogen-bond donors (Lipinski definition) is 1. The first-order chi connectivity index (χ1) is 12.7. The molecule has 3 rings (SSSR count). The van der Waals surface area contributed by atoms with Gasteiger partial charge in [-0.25, -0.2) is 0 Å². The molecular formula is C19H30ClIN4OS. The molecule has 152 valence electrons. The Morgan fingerprint density at radius 1 is 1.30 bits per heavy atom. The van der Waals surface area contributed by atoms with Gasteiger partial charge in [-0.05, 0) is 31.9 Å². The number of rotatable bonds is 6. The molecule has 3 heterocycles. The minimum absolute atomic E-state index is 0. The highest BCUT2D eigenvalue weighted by atomic mass is 127. The number of aliphatic imine (C=N–C) groups is 1. The molecule has 0 aliphatic carbocycles. The van der Waals surface area contributed by atoms with Crippen LogP contribution in [0.15, 0.2) is 28.8 Å². The van der Waals surface area contributed by atoms with E-state index >= 15 is 0 Å². The second-order valence-electron chi connectivity index (χ2n) is 6.64. The molecule has 0 aromatic carbocycles. The van der Waals surface area contributed by atoms with Crippen molar-refractivity contribution < 1.29 is 4.74 Å². The van der Waals surface area contributed by atoms with Gasteiger partial charge in [0.05, 0.1) is 17.6 Å². The summed E-state index contributed by atoms with van der Waals surface area (Å²) in [6.07, 6.45) is 4.30. The molecule has 0 unspecified atom stereocenters. The Morgan fingerprint density at radius 3 is 2.74 bits per heavy atom. The number of nitrogens with one attached hydrogen (secondary N) is 1. The Morgan fingerprint density at radius 2 is 2.11 bits per heavy atom. The van der Waals surface area contributed by atoms with Gasteiger partial charge in [0.25, 0.3) is 0 Å². The first-order valence-electron chi connectivity index (χ1n) is 9.50. The van der Waals surface area contributed by atoms with Crippen molar-refractivity contribution in [3.63, 3.8) is 0 Å². The molecular weight excluding hydrogens is 495 g/mol. The number of hydrogen-bond acceptors (Lipinski definition) is 4. The summed E-state index contributed by atoms with van der Waals surface area (Å²) in [6, 6.07) is 4.12. The molecule has 2 aliphatic rings. The minimum atomic E-state index is 0. The van der Waals surface area contributed by atoms with Crippen molar-refractivity contribution in [2.75, 3.05) is 52.5 Å². The molecule has 1 fully saturated rings. The largest absolute Gasteiger partial charge is 0.377 e. The first kappa shape index (κ1) is 22.9. The molecule has 1 saturated heterocycles. The van der Waals surface area contributed by atoms with E-state index in [1.54, 1.807) is 11.3 Å². The summed E-state index contributed by atoms with van der Waals surface area (Å²) in [5.41, 5.74) is 1.48. The zero-order valence-electron chi connectivity index (χ0n) is 16.0. The summed E-state index contributed by atoms with van der Waals surface area (Å²) < 4.78 is 6.25. The lowest BCUT2D eigenvalue weighted by molar-refractivity contribution is 0.153. The van der Waals surface area contributed by atoms with Crippen LogP contribution in [-0.4, -0.2) is 68.2 Å². The Labute approximate surface area is 188 Å². The fourth-order valence-corrected chi connectivity index (χ4v) is 4.43. The Hall–Kier alpha value is -0.350. The van der Waals surface area contributed by atoms with Gasteiger partial charge >= 0.3 is 0 Å². The average Bonchev–Trinajstić information content (AvgIpc) is 3.07. The quantitative estimate of drug-likeness (QED) is 0.266. The summed E-state index contributed by atoms with van der Waals surface area (Å²) >= 11 is 7.72. The van der Waals surface area contributed by atoms with Crippen LogP contribution in [-0.2, 0) is 11.3 Å². The molecule has 0 saturated carbocycles. The lowest BCUT2D eigenvalue weighted by Crippen LogP contribution is -2.52. The van der Waals surface area contributed by atoms with Gasteiger partial charge < -0.3 is 15.0 Å². The van der Waals surface area contributed by atoms with Gasteiger partial charge in [0.1, 0.15) is 0 Å². The summed E-state index contributed by atoms with van der Waals surface area (Å²) in [6.45, 7) is 10.6. The molecule has 1 aromatic heterocycles. The standard InChI is InChI=1S/C19H29ClN4OS.HI/c1-2-21-19(22-8-5-16-6-13-25-14-7-16)24-11-9-23(10-12-24)15-17-3-4-18(20)26-17;/h3-4,6H,2,5,7-15H2,1H3,(H,21,22);1H. The van der Waals surface area contributed by atoms with Crippen molar-refractivity contribution >= 4 is 52.9 Å². The summed E-state index contributed by atoms with van der Waals surface area (Å²) in [4.78, 5) is 11.1. The maximum Gasteiger partial charge on any atom is 0.194 e. The maximum absolute atomic E-state index is 6.04. The molecule has 2 aliphatic heterocycles. The van der Waals surface area contributed by atoms with Gasteiger partial charge in [-0.1, -0.05) is 23.3 Å². The smallest absolute Gasteiger partial charge is 0.194 e. The third-order valence-electron chi connectivity index (χ3n) is 4.77. The van der Waals surface area contributed by atoms with E-state index in [1.807, 2.05) is 6.07 Å². The summed E-state index contributed by atoms with van der Waals surface area (Å²) in [7, 11) is 0. The molecule has 1 aromatic rings. The van der Waals surface area contributed by atoms with Gasteiger partial charge in [0.15, 0.2) is 5.96 Å². The monoisotopic (exact) mass is 524 g/mol. The van der Waals surface area contributed by atoms with Crippen LogP contribution in [0.5, 0.6) is 0 Å². The van der Waals surface area contributed by atoms with Crippen molar-refractivity contribution in [1.82, 2.24) is 15.1 Å². The second-order valence-corrected chi connectivity index (χ2v) is 8.44. The number of ether oxygens (including phenoxy) is 1. The van der Waals surface area contributed by atoms with E-state index in [0.717, 1.165) is 82.2 Å². The van der Waals surface area contributed by atoms with Gasteiger partial charge in [0.2, 0.25) is 0 Å². The van der Waals surface area contributed by atoms with Crippen molar-refractivity contribution in [3.8, 4) is 0 Å². The van der Waals surface area contributed by atoms with Crippen LogP contribution in [0.3, 0.4) is 0 Å². The molecule has 0 bridgehead atoms. The SMILES string of the molecule is CCNC(=NCCC1=CCOCC1)N1CCN(Cc2ccc(Cl)s2)CC1.I. The van der Waals surface area contributed by atoms with E-state index in [1.165, 1.54) is 10.5 Å². The van der Waals surface area contributed by atoms with Crippen LogP contribution in [0.4, 0.5) is 0 Å². The normalized spacial score (nSPS) is 18.8. The van der Waals surface area contributed by atoms with Crippen LogP contribution < -0.4 is 5.32 Å². The van der Waals surface area contributed by atoms with Crippen LogP contribution in [0, 0.1) is 0 Å². The number of thiophene rings is 1. The number of nitrogens with zero attached hydrogens (tertiary/aromatic N) is 3. The minimum Gasteiger partial charge on any atom is -0.377 e. The Kier molecular flexibility index (Phi) is 10.4. The molecule has 0 amide bonds. The van der Waals surface area contributed by atoms with Crippen molar-refractivity contribution in [2.24, 2.45) is 4.99 Å². The van der Waals surface area contributed by atoms with E-state index in [4.69, 9.17) is 21.3 Å².